The van der Waals surface area contributed by atoms with Gasteiger partial charge in [0.15, 0.2) is 11.9 Å². The molecule has 7 nitrogen and oxygen atoms in total. The minimum absolute atomic E-state index is 0.0282. The van der Waals surface area contributed by atoms with E-state index in [-0.39, 0.29) is 18.6 Å². The lowest BCUT2D eigenvalue weighted by Crippen LogP contribution is -2.30. The molecule has 0 aliphatic carbocycles. The van der Waals surface area contributed by atoms with Crippen LogP contribution >= 0.6 is 0 Å². The van der Waals surface area contributed by atoms with Crippen molar-refractivity contribution in [2.75, 3.05) is 11.9 Å². The van der Waals surface area contributed by atoms with Crippen LogP contribution in [0.5, 0.6) is 5.75 Å². The molecule has 2 aromatic carbocycles. The minimum atomic E-state index is -1.06. The fourth-order valence-electron chi connectivity index (χ4n) is 2.55. The van der Waals surface area contributed by atoms with Gasteiger partial charge < -0.3 is 14.8 Å². The Hall–Kier alpha value is -3.66. The van der Waals surface area contributed by atoms with Gasteiger partial charge in [0.25, 0.3) is 5.91 Å². The Labute approximate surface area is 175 Å². The van der Waals surface area contributed by atoms with Crippen molar-refractivity contribution in [1.82, 2.24) is 0 Å². The highest BCUT2D eigenvalue weighted by Gasteiger charge is 2.19. The highest BCUT2D eigenvalue weighted by molar-refractivity contribution is 5.98. The van der Waals surface area contributed by atoms with Crippen molar-refractivity contribution in [1.29, 1.82) is 5.26 Å². The van der Waals surface area contributed by atoms with Crippen molar-refractivity contribution in [3.63, 3.8) is 0 Å². The molecule has 0 aliphatic rings. The highest BCUT2D eigenvalue weighted by atomic mass is 16.5. The van der Waals surface area contributed by atoms with E-state index in [1.54, 1.807) is 48.5 Å². The van der Waals surface area contributed by atoms with Crippen LogP contribution in [0.4, 0.5) is 5.69 Å². The average molecular weight is 408 g/mol. The molecule has 0 heterocycles. The molecule has 1 unspecified atom stereocenters. The van der Waals surface area contributed by atoms with E-state index in [0.717, 1.165) is 6.42 Å². The van der Waals surface area contributed by atoms with E-state index in [1.807, 2.05) is 13.0 Å². The molecule has 0 radical (unpaired) electrons. The molecule has 0 fully saturated rings. The van der Waals surface area contributed by atoms with Gasteiger partial charge in [-0.15, -0.1) is 0 Å². The fourth-order valence-corrected chi connectivity index (χ4v) is 2.55. The van der Waals surface area contributed by atoms with Crippen LogP contribution in [0.3, 0.4) is 0 Å². The molecule has 1 amide bonds. The first-order valence-electron chi connectivity index (χ1n) is 9.70. The number of nitrogens with zero attached hydrogens (tertiary/aromatic N) is 1. The summed E-state index contributed by atoms with van der Waals surface area (Å²) in [5.41, 5.74) is 1.13. The second-order valence-corrected chi connectivity index (χ2v) is 6.57. The molecule has 0 saturated heterocycles. The van der Waals surface area contributed by atoms with Crippen molar-refractivity contribution in [3.8, 4) is 11.8 Å². The van der Waals surface area contributed by atoms with Crippen molar-refractivity contribution in [2.24, 2.45) is 0 Å². The lowest BCUT2D eigenvalue weighted by Gasteiger charge is -2.14. The van der Waals surface area contributed by atoms with Gasteiger partial charge in [0, 0.05) is 12.0 Å². The Balaban J connectivity index is 1.81. The number of Topliss-reactive ketones (excluding diaryl/α,β-unsaturated/α-hetero) is 1. The molecule has 0 bridgehead atoms. The fraction of sp³-hybridized carbons (Fsp3) is 0.304. The topological polar surface area (TPSA) is 105 Å². The normalized spacial score (nSPS) is 11.1. The van der Waals surface area contributed by atoms with Gasteiger partial charge in [0.2, 0.25) is 0 Å². The first-order valence-corrected chi connectivity index (χ1v) is 9.70. The number of carbonyl (C=O) groups is 3. The number of rotatable bonds is 10. The molecule has 1 atom stereocenters. The highest BCUT2D eigenvalue weighted by Crippen LogP contribution is 2.16. The molecule has 30 heavy (non-hydrogen) atoms. The number of amides is 1. The van der Waals surface area contributed by atoms with Crippen molar-refractivity contribution in [2.45, 2.75) is 39.2 Å². The second kappa shape index (κ2) is 11.4. The summed E-state index contributed by atoms with van der Waals surface area (Å²) in [6, 6.07) is 15.2. The molecular formula is C23H24N2O5. The maximum atomic E-state index is 12.2. The summed E-state index contributed by atoms with van der Waals surface area (Å²) in [7, 11) is 0. The Morgan fingerprint density at radius 2 is 1.77 bits per heavy atom. The Morgan fingerprint density at radius 3 is 2.43 bits per heavy atom. The molecule has 0 saturated carbocycles. The maximum Gasteiger partial charge on any atom is 0.307 e. The van der Waals surface area contributed by atoms with E-state index in [4.69, 9.17) is 14.7 Å². The number of ether oxygens (including phenoxy) is 2. The molecule has 2 aromatic rings. The first-order chi connectivity index (χ1) is 14.4. The average Bonchev–Trinajstić information content (AvgIpc) is 2.76. The molecule has 0 aromatic heterocycles. The molecular weight excluding hydrogens is 384 g/mol. The van der Waals surface area contributed by atoms with E-state index < -0.39 is 18.0 Å². The predicted molar refractivity (Wildman–Crippen MR) is 111 cm³/mol. The van der Waals surface area contributed by atoms with E-state index >= 15 is 0 Å². The van der Waals surface area contributed by atoms with Gasteiger partial charge in [-0.2, -0.15) is 5.26 Å². The van der Waals surface area contributed by atoms with Gasteiger partial charge >= 0.3 is 5.97 Å². The number of nitrogens with one attached hydrogen (secondary N) is 1. The number of hydrogen-bond donors (Lipinski definition) is 1. The van der Waals surface area contributed by atoms with Crippen molar-refractivity contribution >= 4 is 23.3 Å². The number of nitriles is 1. The first kappa shape index (κ1) is 22.6. The third-order valence-electron chi connectivity index (χ3n) is 4.19. The van der Waals surface area contributed by atoms with Gasteiger partial charge in [-0.1, -0.05) is 19.1 Å². The van der Waals surface area contributed by atoms with Crippen molar-refractivity contribution < 1.29 is 23.9 Å². The van der Waals surface area contributed by atoms with Crippen LogP contribution in [-0.4, -0.2) is 30.4 Å². The van der Waals surface area contributed by atoms with Crippen LogP contribution in [0.15, 0.2) is 48.5 Å². The minimum Gasteiger partial charge on any atom is -0.494 e. The van der Waals surface area contributed by atoms with E-state index in [2.05, 4.69) is 5.32 Å². The van der Waals surface area contributed by atoms with E-state index in [1.165, 1.54) is 6.92 Å². The molecule has 0 aliphatic heterocycles. The molecule has 0 spiro atoms. The van der Waals surface area contributed by atoms with Gasteiger partial charge in [0.1, 0.15) is 11.8 Å². The summed E-state index contributed by atoms with van der Waals surface area (Å²) >= 11 is 0. The molecule has 1 N–H and O–H groups in total. The zero-order valence-electron chi connectivity index (χ0n) is 17.0. The Kier molecular flexibility index (Phi) is 8.57. The summed E-state index contributed by atoms with van der Waals surface area (Å²) in [4.78, 5) is 36.5. The van der Waals surface area contributed by atoms with Crippen LogP contribution in [0.1, 0.15) is 49.0 Å². The molecule has 7 heteroatoms. The number of ketones is 1. The van der Waals surface area contributed by atoms with Crippen LogP contribution < -0.4 is 10.1 Å². The summed E-state index contributed by atoms with van der Waals surface area (Å²) in [5.74, 6) is -0.720. The zero-order valence-corrected chi connectivity index (χ0v) is 17.0. The summed E-state index contributed by atoms with van der Waals surface area (Å²) < 4.78 is 10.6. The monoisotopic (exact) mass is 408 g/mol. The predicted octanol–water partition coefficient (Wildman–Crippen LogP) is 3.88. The zero-order chi connectivity index (χ0) is 21.9. The largest absolute Gasteiger partial charge is 0.494 e. The van der Waals surface area contributed by atoms with Gasteiger partial charge in [-0.05, 0) is 49.7 Å². The number of hydrogen-bond acceptors (Lipinski definition) is 6. The van der Waals surface area contributed by atoms with E-state index in [0.29, 0.717) is 29.2 Å². The number of benzene rings is 2. The van der Waals surface area contributed by atoms with Gasteiger partial charge in [-0.25, -0.2) is 0 Å². The third-order valence-corrected chi connectivity index (χ3v) is 4.19. The van der Waals surface area contributed by atoms with E-state index in [9.17, 15) is 14.4 Å². The summed E-state index contributed by atoms with van der Waals surface area (Å²) in [5, 5.41) is 11.6. The van der Waals surface area contributed by atoms with Crippen LogP contribution in [0, 0.1) is 11.3 Å². The molecule has 2 rings (SSSR count). The maximum absolute atomic E-state index is 12.2. The van der Waals surface area contributed by atoms with Crippen LogP contribution in [-0.2, 0) is 14.3 Å². The van der Waals surface area contributed by atoms with Gasteiger partial charge in [-0.3, -0.25) is 14.4 Å². The quantitative estimate of drug-likeness (QED) is 0.472. The van der Waals surface area contributed by atoms with Crippen LogP contribution in [0.2, 0.25) is 0 Å². The standard InChI is InChI=1S/C23H24N2O5/c1-3-14-29-19-10-8-17(9-11-19)21(26)12-13-22(27)30-16(2)23(28)25-20-7-5-4-6-18(20)15-24/h4-11,16H,3,12-14H2,1-2H3,(H,25,28). The third kappa shape index (κ3) is 6.74. The lowest BCUT2D eigenvalue weighted by molar-refractivity contribution is -0.153. The Morgan fingerprint density at radius 1 is 1.07 bits per heavy atom. The lowest BCUT2D eigenvalue weighted by atomic mass is 10.1. The number of para-hydroxylation sites is 1. The number of anilines is 1. The van der Waals surface area contributed by atoms with Crippen molar-refractivity contribution in [3.05, 3.63) is 59.7 Å². The smallest absolute Gasteiger partial charge is 0.307 e. The SMILES string of the molecule is CCCOc1ccc(C(=O)CCC(=O)OC(C)C(=O)Nc2ccccc2C#N)cc1. The second-order valence-electron chi connectivity index (χ2n) is 6.57. The van der Waals surface area contributed by atoms with Crippen LogP contribution in [0.25, 0.3) is 0 Å². The number of esters is 1. The Bertz CT molecular complexity index is 931. The summed E-state index contributed by atoms with van der Waals surface area (Å²) in [6.07, 6.45) is -0.336. The molecule has 156 valence electrons. The summed E-state index contributed by atoms with van der Waals surface area (Å²) in [6.45, 7) is 4.04. The van der Waals surface area contributed by atoms with Gasteiger partial charge in [0.05, 0.1) is 24.3 Å². The number of carbonyl (C=O) groups excluding carboxylic acids is 3.